The third-order valence-electron chi connectivity index (χ3n) is 2.53. The van der Waals surface area contributed by atoms with Gasteiger partial charge in [-0.1, -0.05) is 6.07 Å². The van der Waals surface area contributed by atoms with E-state index in [2.05, 4.69) is 5.32 Å². The third kappa shape index (κ3) is 3.63. The summed E-state index contributed by atoms with van der Waals surface area (Å²) in [6.45, 7) is 2.44. The molecule has 100 valence electrons. The van der Waals surface area contributed by atoms with Crippen molar-refractivity contribution in [2.45, 2.75) is 19.4 Å². The highest BCUT2D eigenvalue weighted by Gasteiger charge is 2.15. The molecule has 0 bridgehead atoms. The summed E-state index contributed by atoms with van der Waals surface area (Å²) < 4.78 is 10.4. The molecule has 1 rings (SSSR count). The number of hydrogen-bond donors (Lipinski definition) is 2. The molecule has 1 aromatic rings. The van der Waals surface area contributed by atoms with Gasteiger partial charge in [0, 0.05) is 12.6 Å². The maximum Gasteiger partial charge on any atom is 0.255 e. The quantitative estimate of drug-likeness (QED) is 0.797. The van der Waals surface area contributed by atoms with Crippen LogP contribution < -0.4 is 20.5 Å². The molecule has 0 fully saturated rings. The van der Waals surface area contributed by atoms with Gasteiger partial charge in [-0.25, -0.2) is 0 Å². The summed E-state index contributed by atoms with van der Waals surface area (Å²) >= 11 is 0. The molecule has 0 radical (unpaired) electrons. The van der Waals surface area contributed by atoms with Crippen molar-refractivity contribution in [3.63, 3.8) is 0 Å². The van der Waals surface area contributed by atoms with Gasteiger partial charge < -0.3 is 20.5 Å². The van der Waals surface area contributed by atoms with Crippen LogP contribution in [0.4, 0.5) is 0 Å². The van der Waals surface area contributed by atoms with Crippen LogP contribution >= 0.6 is 0 Å². The Bertz CT molecular complexity index is 405. The van der Waals surface area contributed by atoms with Crippen LogP contribution in [0.25, 0.3) is 0 Å². The molecule has 18 heavy (non-hydrogen) atoms. The summed E-state index contributed by atoms with van der Waals surface area (Å²) in [7, 11) is 3.05. The zero-order valence-electron chi connectivity index (χ0n) is 11.0. The zero-order chi connectivity index (χ0) is 13.5. The van der Waals surface area contributed by atoms with E-state index in [4.69, 9.17) is 15.2 Å². The van der Waals surface area contributed by atoms with E-state index >= 15 is 0 Å². The molecule has 1 amide bonds. The van der Waals surface area contributed by atoms with Crippen molar-refractivity contribution in [1.82, 2.24) is 5.32 Å². The van der Waals surface area contributed by atoms with Gasteiger partial charge in [-0.3, -0.25) is 4.79 Å². The molecular weight excluding hydrogens is 232 g/mol. The number of ether oxygens (including phenoxy) is 2. The maximum absolute atomic E-state index is 12.0. The molecule has 0 heterocycles. The molecular formula is C13H20N2O3. The third-order valence-corrected chi connectivity index (χ3v) is 2.53. The lowest BCUT2D eigenvalue weighted by molar-refractivity contribution is 0.0949. The Morgan fingerprint density at radius 1 is 1.39 bits per heavy atom. The fourth-order valence-electron chi connectivity index (χ4n) is 1.57. The minimum absolute atomic E-state index is 0.0671. The molecule has 0 saturated heterocycles. The smallest absolute Gasteiger partial charge is 0.255 e. The fourth-order valence-corrected chi connectivity index (χ4v) is 1.57. The van der Waals surface area contributed by atoms with Crippen LogP contribution in [-0.2, 0) is 0 Å². The van der Waals surface area contributed by atoms with E-state index in [9.17, 15) is 4.79 Å². The zero-order valence-corrected chi connectivity index (χ0v) is 11.0. The predicted molar refractivity (Wildman–Crippen MR) is 70.1 cm³/mol. The number of benzene rings is 1. The Morgan fingerprint density at radius 3 is 2.67 bits per heavy atom. The number of nitrogens with two attached hydrogens (primary N) is 1. The number of hydrogen-bond acceptors (Lipinski definition) is 4. The van der Waals surface area contributed by atoms with Crippen molar-refractivity contribution in [1.29, 1.82) is 0 Å². The van der Waals surface area contributed by atoms with Crippen molar-refractivity contribution in [2.24, 2.45) is 5.73 Å². The number of rotatable bonds is 6. The molecule has 0 aliphatic carbocycles. The van der Waals surface area contributed by atoms with Crippen LogP contribution in [-0.4, -0.2) is 32.7 Å². The van der Waals surface area contributed by atoms with E-state index in [0.29, 0.717) is 23.6 Å². The van der Waals surface area contributed by atoms with Crippen LogP contribution in [0.3, 0.4) is 0 Å². The number of methoxy groups -OCH3 is 2. The van der Waals surface area contributed by atoms with Gasteiger partial charge >= 0.3 is 0 Å². The summed E-state index contributed by atoms with van der Waals surface area (Å²) in [5.41, 5.74) is 6.08. The number of amides is 1. The molecule has 5 nitrogen and oxygen atoms in total. The van der Waals surface area contributed by atoms with Gasteiger partial charge in [0.2, 0.25) is 0 Å². The first-order valence-corrected chi connectivity index (χ1v) is 5.85. The average molecular weight is 252 g/mol. The number of nitrogens with one attached hydrogen (secondary N) is 1. The highest BCUT2D eigenvalue weighted by Crippen LogP contribution is 2.30. The van der Waals surface area contributed by atoms with Crippen molar-refractivity contribution >= 4 is 5.91 Å². The molecule has 3 N–H and O–H groups in total. The lowest BCUT2D eigenvalue weighted by Gasteiger charge is -2.13. The van der Waals surface area contributed by atoms with Crippen LogP contribution in [0.5, 0.6) is 11.5 Å². The molecule has 0 saturated carbocycles. The Morgan fingerprint density at radius 2 is 2.11 bits per heavy atom. The highest BCUT2D eigenvalue weighted by molar-refractivity contribution is 5.97. The molecule has 5 heteroatoms. The molecule has 1 atom stereocenters. The normalized spacial score (nSPS) is 11.8. The maximum atomic E-state index is 12.0. The van der Waals surface area contributed by atoms with Gasteiger partial charge in [-0.05, 0) is 25.5 Å². The van der Waals surface area contributed by atoms with Gasteiger partial charge in [0.25, 0.3) is 5.91 Å². The van der Waals surface area contributed by atoms with Gasteiger partial charge in [-0.2, -0.15) is 0 Å². The van der Waals surface area contributed by atoms with Crippen molar-refractivity contribution < 1.29 is 14.3 Å². The predicted octanol–water partition coefficient (Wildman–Crippen LogP) is 1.17. The minimum Gasteiger partial charge on any atom is -0.493 e. The van der Waals surface area contributed by atoms with E-state index < -0.39 is 0 Å². The van der Waals surface area contributed by atoms with Crippen molar-refractivity contribution in [3.8, 4) is 11.5 Å². The second-order valence-electron chi connectivity index (χ2n) is 4.06. The van der Waals surface area contributed by atoms with Crippen molar-refractivity contribution in [2.75, 3.05) is 20.8 Å². The van der Waals surface area contributed by atoms with Crippen LogP contribution in [0.15, 0.2) is 18.2 Å². The number of carbonyl (C=O) groups is 1. The van der Waals surface area contributed by atoms with Crippen molar-refractivity contribution in [3.05, 3.63) is 23.8 Å². The largest absolute Gasteiger partial charge is 0.493 e. The number of carbonyl (C=O) groups excluding carboxylic acids is 1. The standard InChI is InChI=1S/C13H20N2O3/c1-9(14)7-8-15-13(16)10-5-4-6-11(17-2)12(10)18-3/h4-6,9H,7-8,14H2,1-3H3,(H,15,16). The van der Waals surface area contributed by atoms with Gasteiger partial charge in [-0.15, -0.1) is 0 Å². The minimum atomic E-state index is -0.189. The first kappa shape index (κ1) is 14.3. The molecule has 0 aromatic heterocycles. The van der Waals surface area contributed by atoms with Gasteiger partial charge in [0.1, 0.15) is 0 Å². The molecule has 0 aliphatic rings. The summed E-state index contributed by atoms with van der Waals surface area (Å²) in [6.07, 6.45) is 0.734. The first-order valence-electron chi connectivity index (χ1n) is 5.85. The highest BCUT2D eigenvalue weighted by atomic mass is 16.5. The second-order valence-corrected chi connectivity index (χ2v) is 4.06. The summed E-state index contributed by atoms with van der Waals surface area (Å²) in [5, 5.41) is 2.80. The van der Waals surface area contributed by atoms with E-state index in [1.54, 1.807) is 18.2 Å². The monoisotopic (exact) mass is 252 g/mol. The Kier molecular flexibility index (Phi) is 5.45. The Hall–Kier alpha value is -1.75. The SMILES string of the molecule is COc1cccc(C(=O)NCCC(C)N)c1OC. The van der Waals surface area contributed by atoms with E-state index in [1.165, 1.54) is 14.2 Å². The molecule has 0 aliphatic heterocycles. The molecule has 0 spiro atoms. The fraction of sp³-hybridized carbons (Fsp3) is 0.462. The first-order chi connectivity index (χ1) is 8.60. The lowest BCUT2D eigenvalue weighted by Crippen LogP contribution is -2.29. The summed E-state index contributed by atoms with van der Waals surface area (Å²) in [5.74, 6) is 0.794. The second kappa shape index (κ2) is 6.86. The molecule has 1 unspecified atom stereocenters. The summed E-state index contributed by atoms with van der Waals surface area (Å²) in [6, 6.07) is 5.26. The van der Waals surface area contributed by atoms with Gasteiger partial charge in [0.15, 0.2) is 11.5 Å². The topological polar surface area (TPSA) is 73.6 Å². The Labute approximate surface area is 107 Å². The Balaban J connectivity index is 2.79. The average Bonchev–Trinajstić information content (AvgIpc) is 2.36. The number of para-hydroxylation sites is 1. The lowest BCUT2D eigenvalue weighted by atomic mass is 10.1. The van der Waals surface area contributed by atoms with E-state index in [-0.39, 0.29) is 11.9 Å². The van der Waals surface area contributed by atoms with Crippen LogP contribution in [0.1, 0.15) is 23.7 Å². The van der Waals surface area contributed by atoms with Crippen LogP contribution in [0.2, 0.25) is 0 Å². The van der Waals surface area contributed by atoms with Gasteiger partial charge in [0.05, 0.1) is 19.8 Å². The molecule has 1 aromatic carbocycles. The summed E-state index contributed by atoms with van der Waals surface area (Å²) in [4.78, 5) is 12.0. The van der Waals surface area contributed by atoms with Crippen LogP contribution in [0, 0.1) is 0 Å². The van der Waals surface area contributed by atoms with E-state index in [1.807, 2.05) is 6.92 Å². The van der Waals surface area contributed by atoms with E-state index in [0.717, 1.165) is 6.42 Å².